The third kappa shape index (κ3) is 5.36. The van der Waals surface area contributed by atoms with E-state index in [2.05, 4.69) is 28.1 Å². The van der Waals surface area contributed by atoms with Crippen molar-refractivity contribution in [3.8, 4) is 0 Å². The molecule has 4 rings (SSSR count). The molecular formula is C24H23IN4O2. The molecule has 158 valence electrons. The van der Waals surface area contributed by atoms with Gasteiger partial charge >= 0.3 is 0 Å². The average Bonchev–Trinajstić information content (AvgIpc) is 3.11. The van der Waals surface area contributed by atoms with E-state index in [0.29, 0.717) is 11.3 Å². The third-order valence-electron chi connectivity index (χ3n) is 4.97. The number of nitrogens with two attached hydrogens (primary N) is 1. The Balaban J connectivity index is 0.00000272. The summed E-state index contributed by atoms with van der Waals surface area (Å²) in [6.07, 6.45) is 1.97. The van der Waals surface area contributed by atoms with Crippen molar-refractivity contribution in [3.05, 3.63) is 96.3 Å². The highest BCUT2D eigenvalue weighted by atomic mass is 127. The topological polar surface area (TPSA) is 81.0 Å². The fourth-order valence-electron chi connectivity index (χ4n) is 3.49. The van der Waals surface area contributed by atoms with Gasteiger partial charge in [0.05, 0.1) is 6.54 Å². The minimum atomic E-state index is -0.138. The van der Waals surface area contributed by atoms with Crippen LogP contribution < -0.4 is 39.6 Å². The molecule has 0 unspecified atom stereocenters. The number of nitrogens with zero attached hydrogens (tertiary/aromatic N) is 2. The van der Waals surface area contributed by atoms with Gasteiger partial charge in [0.1, 0.15) is 6.54 Å². The van der Waals surface area contributed by atoms with Gasteiger partial charge in [-0.25, -0.2) is 9.13 Å². The molecule has 0 radical (unpaired) electrons. The van der Waals surface area contributed by atoms with Gasteiger partial charge in [0.25, 0.3) is 5.91 Å². The van der Waals surface area contributed by atoms with E-state index in [9.17, 15) is 9.59 Å². The predicted molar refractivity (Wildman–Crippen MR) is 116 cm³/mol. The molecule has 0 saturated carbocycles. The molecule has 3 N–H and O–H groups in total. The number of amides is 1. The van der Waals surface area contributed by atoms with Crippen molar-refractivity contribution in [2.24, 2.45) is 5.73 Å². The quantitative estimate of drug-likeness (QED) is 0.198. The summed E-state index contributed by atoms with van der Waals surface area (Å²) in [7, 11) is 0. The van der Waals surface area contributed by atoms with E-state index >= 15 is 0 Å². The van der Waals surface area contributed by atoms with Gasteiger partial charge in [-0.05, 0) is 42.0 Å². The highest BCUT2D eigenvalue weighted by Gasteiger charge is 2.18. The van der Waals surface area contributed by atoms with E-state index in [-0.39, 0.29) is 48.8 Å². The van der Waals surface area contributed by atoms with Crippen LogP contribution in [0.2, 0.25) is 0 Å². The molecule has 1 amide bonds. The predicted octanol–water partition coefficient (Wildman–Crippen LogP) is -0.239. The highest BCUT2D eigenvalue weighted by molar-refractivity contribution is 5.98. The molecule has 0 aliphatic heterocycles. The van der Waals surface area contributed by atoms with Crippen LogP contribution in [0.5, 0.6) is 0 Å². The number of imidazole rings is 1. The maximum atomic E-state index is 12.6. The van der Waals surface area contributed by atoms with Gasteiger partial charge in [0.2, 0.25) is 6.33 Å². The van der Waals surface area contributed by atoms with Crippen molar-refractivity contribution in [2.75, 3.05) is 11.9 Å². The fraction of sp³-hybridized carbons (Fsp3) is 0.125. The van der Waals surface area contributed by atoms with Crippen molar-refractivity contribution >= 4 is 28.4 Å². The Bertz CT molecular complexity index is 1190. The molecule has 31 heavy (non-hydrogen) atoms. The summed E-state index contributed by atoms with van der Waals surface area (Å²) in [5.74, 6) is -0.268. The zero-order valence-corrected chi connectivity index (χ0v) is 19.0. The first-order chi connectivity index (χ1) is 14.6. The Labute approximate surface area is 197 Å². The van der Waals surface area contributed by atoms with Gasteiger partial charge in [-0.1, -0.05) is 42.5 Å². The molecule has 0 saturated heterocycles. The first-order valence-corrected chi connectivity index (χ1v) is 9.78. The van der Waals surface area contributed by atoms with E-state index in [1.165, 1.54) is 5.56 Å². The Kier molecular flexibility index (Phi) is 7.54. The number of carbonyl (C=O) groups is 2. The van der Waals surface area contributed by atoms with Crippen LogP contribution in [0.25, 0.3) is 11.0 Å². The van der Waals surface area contributed by atoms with Gasteiger partial charge in [0, 0.05) is 11.3 Å². The summed E-state index contributed by atoms with van der Waals surface area (Å²) in [5.41, 5.74) is 9.82. The van der Waals surface area contributed by atoms with Crippen molar-refractivity contribution < 1.29 is 38.1 Å². The summed E-state index contributed by atoms with van der Waals surface area (Å²) in [5, 5.41) is 2.89. The van der Waals surface area contributed by atoms with Crippen LogP contribution in [-0.4, -0.2) is 22.8 Å². The second kappa shape index (κ2) is 10.3. The van der Waals surface area contributed by atoms with Gasteiger partial charge in [-0.15, -0.1) is 0 Å². The number of carbonyl (C=O) groups excluding carboxylic acids is 2. The number of rotatable bonds is 7. The van der Waals surface area contributed by atoms with Gasteiger partial charge in [0.15, 0.2) is 23.4 Å². The molecule has 0 atom stereocenters. The lowest BCUT2D eigenvalue weighted by atomic mass is 10.1. The number of hydrogen-bond acceptors (Lipinski definition) is 3. The molecule has 1 heterocycles. The number of Topliss-reactive ketones (excluding diaryl/α,β-unsaturated/α-hetero) is 1. The van der Waals surface area contributed by atoms with Crippen molar-refractivity contribution in [1.29, 1.82) is 0 Å². The Morgan fingerprint density at radius 1 is 0.903 bits per heavy atom. The van der Waals surface area contributed by atoms with Crippen LogP contribution in [0.1, 0.15) is 15.9 Å². The molecule has 0 fully saturated rings. The monoisotopic (exact) mass is 526 g/mol. The van der Waals surface area contributed by atoms with E-state index in [0.717, 1.165) is 17.6 Å². The zero-order chi connectivity index (χ0) is 20.9. The molecule has 0 aliphatic carbocycles. The van der Waals surface area contributed by atoms with Crippen LogP contribution >= 0.6 is 0 Å². The third-order valence-corrected chi connectivity index (χ3v) is 4.97. The number of halogens is 1. The number of ketones is 1. The summed E-state index contributed by atoms with van der Waals surface area (Å²) < 4.78 is 4.09. The van der Waals surface area contributed by atoms with Gasteiger partial charge in [-0.2, -0.15) is 0 Å². The maximum absolute atomic E-state index is 12.6. The van der Waals surface area contributed by atoms with Crippen molar-refractivity contribution in [2.45, 2.75) is 13.1 Å². The maximum Gasteiger partial charge on any atom is 0.266 e. The molecule has 0 spiro atoms. The Morgan fingerprint density at radius 3 is 2.29 bits per heavy atom. The summed E-state index contributed by atoms with van der Waals surface area (Å²) >= 11 is 0. The molecule has 7 heteroatoms. The van der Waals surface area contributed by atoms with E-state index in [1.807, 2.05) is 47.3 Å². The lowest BCUT2D eigenvalue weighted by Crippen LogP contribution is -3.00. The number of nitrogens with one attached hydrogen (secondary N) is 1. The Hall–Kier alpha value is -3.04. The van der Waals surface area contributed by atoms with E-state index < -0.39 is 0 Å². The lowest BCUT2D eigenvalue weighted by molar-refractivity contribution is -0.663. The minimum absolute atomic E-state index is 0. The highest BCUT2D eigenvalue weighted by Crippen LogP contribution is 2.14. The molecule has 3 aromatic carbocycles. The average molecular weight is 526 g/mol. The molecular weight excluding hydrogens is 503 g/mol. The number of para-hydroxylation sites is 2. The standard InChI is InChI=1S/C24H22N4O2.HI/c25-14-23(29)19-10-12-20(13-11-19)26-24(30)16-28-17-27(15-18-6-2-1-3-7-18)21-8-4-5-9-22(21)28;/h1-13,17H,14-16,25H2;1H. The van der Waals surface area contributed by atoms with Crippen LogP contribution in [0, 0.1) is 0 Å². The second-order valence-electron chi connectivity index (χ2n) is 7.10. The number of benzene rings is 3. The smallest absolute Gasteiger partial charge is 0.266 e. The first kappa shape index (κ1) is 22.6. The molecule has 0 aliphatic rings. The Morgan fingerprint density at radius 2 is 1.58 bits per heavy atom. The first-order valence-electron chi connectivity index (χ1n) is 9.78. The van der Waals surface area contributed by atoms with Crippen LogP contribution in [-0.2, 0) is 17.9 Å². The lowest BCUT2D eigenvalue weighted by Gasteiger charge is -2.05. The number of aromatic nitrogens is 2. The van der Waals surface area contributed by atoms with Crippen LogP contribution in [0.3, 0.4) is 0 Å². The van der Waals surface area contributed by atoms with Crippen LogP contribution in [0.4, 0.5) is 5.69 Å². The SMILES string of the molecule is NCC(=O)c1ccc(NC(=O)Cn2c[n+](Cc3ccccc3)c3ccccc32)cc1.[I-]. The summed E-state index contributed by atoms with van der Waals surface area (Å²) in [6, 6.07) is 25.0. The van der Waals surface area contributed by atoms with E-state index in [4.69, 9.17) is 5.73 Å². The number of anilines is 1. The number of fused-ring (bicyclic) bond motifs is 1. The van der Waals surface area contributed by atoms with Crippen LogP contribution in [0.15, 0.2) is 85.2 Å². The largest absolute Gasteiger partial charge is 1.00 e. The second-order valence-corrected chi connectivity index (χ2v) is 7.10. The molecule has 6 nitrogen and oxygen atoms in total. The number of hydrogen-bond donors (Lipinski definition) is 2. The molecule has 0 bridgehead atoms. The summed E-state index contributed by atoms with van der Waals surface area (Å²) in [4.78, 5) is 24.3. The minimum Gasteiger partial charge on any atom is -1.00 e. The summed E-state index contributed by atoms with van der Waals surface area (Å²) in [6.45, 7) is 0.883. The van der Waals surface area contributed by atoms with Gasteiger partial charge in [-0.3, -0.25) is 9.59 Å². The normalized spacial score (nSPS) is 10.5. The van der Waals surface area contributed by atoms with Crippen molar-refractivity contribution in [3.63, 3.8) is 0 Å². The molecule has 4 aromatic rings. The van der Waals surface area contributed by atoms with Gasteiger partial charge < -0.3 is 35.0 Å². The zero-order valence-electron chi connectivity index (χ0n) is 16.9. The molecule has 1 aromatic heterocycles. The fourth-order valence-corrected chi connectivity index (χ4v) is 3.49. The van der Waals surface area contributed by atoms with E-state index in [1.54, 1.807) is 24.3 Å². The van der Waals surface area contributed by atoms with Crippen molar-refractivity contribution in [1.82, 2.24) is 4.57 Å².